The summed E-state index contributed by atoms with van der Waals surface area (Å²) in [5.41, 5.74) is 0.974. The molecule has 0 unspecified atom stereocenters. The number of nitrogens with one attached hydrogen (secondary N) is 2. The summed E-state index contributed by atoms with van der Waals surface area (Å²) in [7, 11) is 4.92. The number of carbonyl (C=O) groups excluding carboxylic acids is 1. The highest BCUT2D eigenvalue weighted by molar-refractivity contribution is 5.80. The van der Waals surface area contributed by atoms with Crippen LogP contribution in [0.2, 0.25) is 0 Å². The van der Waals surface area contributed by atoms with Gasteiger partial charge < -0.3 is 29.7 Å². The summed E-state index contributed by atoms with van der Waals surface area (Å²) in [5, 5.41) is 6.47. The molecule has 2 fully saturated rings. The molecule has 0 aromatic heterocycles. The van der Waals surface area contributed by atoms with E-state index < -0.39 is 0 Å². The first-order valence-electron chi connectivity index (χ1n) is 11.4. The molecule has 0 atom stereocenters. The molecule has 1 heterocycles. The second-order valence-corrected chi connectivity index (χ2v) is 8.10. The first kappa shape index (κ1) is 24.0. The van der Waals surface area contributed by atoms with Crippen molar-refractivity contribution in [2.75, 3.05) is 67.1 Å². The predicted octanol–water partition coefficient (Wildman–Crippen LogP) is 1.12. The van der Waals surface area contributed by atoms with Crippen LogP contribution in [-0.2, 0) is 11.2 Å². The van der Waals surface area contributed by atoms with Crippen molar-refractivity contribution in [1.82, 2.24) is 20.4 Å². The number of hydrogen-bond donors (Lipinski definition) is 2. The third-order valence-electron chi connectivity index (χ3n) is 5.76. The van der Waals surface area contributed by atoms with Gasteiger partial charge in [-0.3, -0.25) is 14.7 Å². The number of ether oxygens (including phenoxy) is 3. The van der Waals surface area contributed by atoms with Crippen LogP contribution >= 0.6 is 0 Å². The van der Waals surface area contributed by atoms with Crippen molar-refractivity contribution in [1.29, 1.82) is 0 Å². The highest BCUT2D eigenvalue weighted by Crippen LogP contribution is 2.34. The third kappa shape index (κ3) is 6.66. The van der Waals surface area contributed by atoms with Crippen LogP contribution in [0, 0.1) is 0 Å². The lowest BCUT2D eigenvalue weighted by Gasteiger charge is -2.36. The van der Waals surface area contributed by atoms with Crippen molar-refractivity contribution in [2.45, 2.75) is 32.2 Å². The fraction of sp³-hybridized carbons (Fsp3) is 0.652. The Labute approximate surface area is 191 Å². The second-order valence-electron chi connectivity index (χ2n) is 8.10. The van der Waals surface area contributed by atoms with E-state index in [2.05, 4.69) is 27.4 Å². The molecule has 1 aromatic carbocycles. The SMILES string of the molecule is CCNC(=NCCc1c(OC)cc(OC)cc1OC)N1CCN(CC(=O)NC2CC2)CC1. The Morgan fingerprint density at radius 3 is 2.25 bits per heavy atom. The first-order valence-corrected chi connectivity index (χ1v) is 11.4. The number of amides is 1. The third-order valence-corrected chi connectivity index (χ3v) is 5.76. The Hall–Kier alpha value is -2.68. The van der Waals surface area contributed by atoms with Crippen LogP contribution in [0.5, 0.6) is 17.2 Å². The van der Waals surface area contributed by atoms with Gasteiger partial charge in [-0.2, -0.15) is 0 Å². The molecule has 178 valence electrons. The molecule has 1 saturated heterocycles. The number of aliphatic imine (C=N–C) groups is 1. The van der Waals surface area contributed by atoms with E-state index in [9.17, 15) is 4.79 Å². The van der Waals surface area contributed by atoms with Crippen molar-refractivity contribution >= 4 is 11.9 Å². The summed E-state index contributed by atoms with van der Waals surface area (Å²) in [5.74, 6) is 3.21. The Balaban J connectivity index is 1.57. The van der Waals surface area contributed by atoms with Gasteiger partial charge >= 0.3 is 0 Å². The summed E-state index contributed by atoms with van der Waals surface area (Å²) >= 11 is 0. The van der Waals surface area contributed by atoms with Crippen molar-refractivity contribution < 1.29 is 19.0 Å². The summed E-state index contributed by atoms with van der Waals surface area (Å²) in [6, 6.07) is 4.15. The molecule has 9 heteroatoms. The van der Waals surface area contributed by atoms with E-state index in [0.717, 1.165) is 68.6 Å². The van der Waals surface area contributed by atoms with E-state index in [1.807, 2.05) is 12.1 Å². The number of rotatable bonds is 10. The van der Waals surface area contributed by atoms with Gasteiger partial charge in [-0.15, -0.1) is 0 Å². The van der Waals surface area contributed by atoms with Gasteiger partial charge in [-0.05, 0) is 26.2 Å². The van der Waals surface area contributed by atoms with E-state index in [1.165, 1.54) is 0 Å². The number of carbonyl (C=O) groups is 1. The molecule has 0 bridgehead atoms. The maximum Gasteiger partial charge on any atom is 0.234 e. The van der Waals surface area contributed by atoms with Crippen LogP contribution < -0.4 is 24.8 Å². The van der Waals surface area contributed by atoms with Crippen LogP contribution in [0.1, 0.15) is 25.3 Å². The van der Waals surface area contributed by atoms with Crippen molar-refractivity contribution in [3.8, 4) is 17.2 Å². The van der Waals surface area contributed by atoms with Gasteiger partial charge in [0, 0.05) is 63.0 Å². The van der Waals surface area contributed by atoms with Gasteiger partial charge in [-0.1, -0.05) is 0 Å². The molecule has 3 rings (SSSR count). The van der Waals surface area contributed by atoms with Crippen LogP contribution in [0.4, 0.5) is 0 Å². The van der Waals surface area contributed by atoms with Crippen molar-refractivity contribution in [3.05, 3.63) is 17.7 Å². The quantitative estimate of drug-likeness (QED) is 0.410. The Bertz CT molecular complexity index is 764. The monoisotopic (exact) mass is 447 g/mol. The number of methoxy groups -OCH3 is 3. The van der Waals surface area contributed by atoms with E-state index in [0.29, 0.717) is 31.3 Å². The van der Waals surface area contributed by atoms with E-state index in [4.69, 9.17) is 19.2 Å². The van der Waals surface area contributed by atoms with E-state index >= 15 is 0 Å². The highest BCUT2D eigenvalue weighted by atomic mass is 16.5. The lowest BCUT2D eigenvalue weighted by Crippen LogP contribution is -2.54. The zero-order chi connectivity index (χ0) is 22.9. The maximum absolute atomic E-state index is 12.1. The zero-order valence-corrected chi connectivity index (χ0v) is 19.8. The molecular weight excluding hydrogens is 410 g/mol. The lowest BCUT2D eigenvalue weighted by molar-refractivity contribution is -0.122. The van der Waals surface area contributed by atoms with Crippen molar-refractivity contribution in [2.24, 2.45) is 4.99 Å². The minimum Gasteiger partial charge on any atom is -0.496 e. The Kier molecular flexibility index (Phi) is 8.84. The standard InChI is InChI=1S/C23H37N5O4/c1-5-24-23(28-12-10-27(11-13-28)16-22(29)26-17-6-7-17)25-9-8-19-20(31-3)14-18(30-2)15-21(19)32-4/h14-15,17H,5-13,16H2,1-4H3,(H,24,25)(H,26,29). The molecule has 1 aromatic rings. The lowest BCUT2D eigenvalue weighted by atomic mass is 10.1. The van der Waals surface area contributed by atoms with Crippen molar-refractivity contribution in [3.63, 3.8) is 0 Å². The summed E-state index contributed by atoms with van der Waals surface area (Å²) in [6.45, 7) is 7.35. The molecule has 0 spiro atoms. The molecular formula is C23H37N5O4. The molecule has 1 aliphatic heterocycles. The van der Waals surface area contributed by atoms with E-state index in [1.54, 1.807) is 21.3 Å². The molecule has 1 saturated carbocycles. The number of nitrogens with zero attached hydrogens (tertiary/aromatic N) is 3. The van der Waals surface area contributed by atoms with Crippen LogP contribution in [-0.4, -0.2) is 94.9 Å². The Morgan fingerprint density at radius 1 is 1.06 bits per heavy atom. The first-order chi connectivity index (χ1) is 15.6. The van der Waals surface area contributed by atoms with Crippen LogP contribution in [0.3, 0.4) is 0 Å². The molecule has 0 radical (unpaired) electrons. The number of piperazine rings is 1. The minimum atomic E-state index is 0.143. The molecule has 32 heavy (non-hydrogen) atoms. The van der Waals surface area contributed by atoms with Gasteiger partial charge in [0.25, 0.3) is 0 Å². The van der Waals surface area contributed by atoms with Gasteiger partial charge in [0.15, 0.2) is 5.96 Å². The van der Waals surface area contributed by atoms with Gasteiger partial charge in [0.05, 0.1) is 27.9 Å². The zero-order valence-electron chi connectivity index (χ0n) is 19.8. The normalized spacial score (nSPS) is 17.1. The molecule has 2 aliphatic rings. The highest BCUT2D eigenvalue weighted by Gasteiger charge is 2.26. The summed E-state index contributed by atoms with van der Waals surface area (Å²) in [6.07, 6.45) is 2.93. The van der Waals surface area contributed by atoms with Crippen LogP contribution in [0.15, 0.2) is 17.1 Å². The molecule has 9 nitrogen and oxygen atoms in total. The second kappa shape index (κ2) is 11.8. The molecule has 1 aliphatic carbocycles. The average molecular weight is 448 g/mol. The summed E-state index contributed by atoms with van der Waals surface area (Å²) in [4.78, 5) is 21.4. The number of benzene rings is 1. The minimum absolute atomic E-state index is 0.143. The number of hydrogen-bond acceptors (Lipinski definition) is 6. The van der Waals surface area contributed by atoms with Gasteiger partial charge in [0.2, 0.25) is 5.91 Å². The maximum atomic E-state index is 12.1. The van der Waals surface area contributed by atoms with Gasteiger partial charge in [0.1, 0.15) is 17.2 Å². The molecule has 1 amide bonds. The fourth-order valence-corrected chi connectivity index (χ4v) is 3.85. The van der Waals surface area contributed by atoms with Gasteiger partial charge in [-0.25, -0.2) is 0 Å². The Morgan fingerprint density at radius 2 is 1.72 bits per heavy atom. The smallest absolute Gasteiger partial charge is 0.234 e. The predicted molar refractivity (Wildman–Crippen MR) is 125 cm³/mol. The topological polar surface area (TPSA) is 87.7 Å². The fourth-order valence-electron chi connectivity index (χ4n) is 3.85. The number of guanidine groups is 1. The largest absolute Gasteiger partial charge is 0.496 e. The summed E-state index contributed by atoms with van der Waals surface area (Å²) < 4.78 is 16.4. The average Bonchev–Trinajstić information content (AvgIpc) is 3.62. The van der Waals surface area contributed by atoms with Crippen LogP contribution in [0.25, 0.3) is 0 Å². The van der Waals surface area contributed by atoms with E-state index in [-0.39, 0.29) is 5.91 Å². The molecule has 2 N–H and O–H groups in total.